The van der Waals surface area contributed by atoms with Gasteiger partial charge in [0.05, 0.1) is 12.5 Å². The number of aromatic nitrogens is 2. The number of hydrogen-bond acceptors (Lipinski definition) is 3. The molecule has 5 heteroatoms. The molecule has 1 amide bonds. The Hall–Kier alpha value is -2.14. The van der Waals surface area contributed by atoms with Crippen molar-refractivity contribution in [2.45, 2.75) is 40.2 Å². The van der Waals surface area contributed by atoms with Crippen molar-refractivity contribution in [3.05, 3.63) is 51.1 Å². The lowest BCUT2D eigenvalue weighted by Crippen LogP contribution is -2.31. The molecule has 1 N–H and O–H groups in total. The summed E-state index contributed by atoms with van der Waals surface area (Å²) in [5.41, 5.74) is 5.74. The van der Waals surface area contributed by atoms with Crippen LogP contribution >= 0.6 is 11.3 Å². The van der Waals surface area contributed by atoms with Crippen molar-refractivity contribution in [3.63, 3.8) is 0 Å². The van der Waals surface area contributed by atoms with Crippen LogP contribution in [0.1, 0.15) is 40.4 Å². The smallest absolute Gasteiger partial charge is 0.227 e. The van der Waals surface area contributed by atoms with Crippen LogP contribution in [0.15, 0.2) is 23.7 Å². The molecule has 2 aromatic heterocycles. The highest BCUT2D eigenvalue weighted by atomic mass is 32.1. The SMILES string of the molecule is Cc1[nH]c2c(C)ccc(C)c2c1CC(=O)N(C)C(C)c1nccs1. The molecule has 0 aliphatic rings. The van der Waals surface area contributed by atoms with Gasteiger partial charge >= 0.3 is 0 Å². The number of aromatic amines is 1. The van der Waals surface area contributed by atoms with E-state index in [1.165, 1.54) is 16.5 Å². The van der Waals surface area contributed by atoms with Gasteiger partial charge in [-0.1, -0.05) is 12.1 Å². The number of likely N-dealkylation sites (N-methyl/N-ethyl adjacent to an activating group) is 1. The second-order valence-electron chi connectivity index (χ2n) is 6.41. The first-order valence-corrected chi connectivity index (χ1v) is 9.00. The van der Waals surface area contributed by atoms with Crippen LogP contribution in [-0.2, 0) is 11.2 Å². The summed E-state index contributed by atoms with van der Waals surface area (Å²) in [5.74, 6) is 0.114. The van der Waals surface area contributed by atoms with Crippen molar-refractivity contribution in [1.29, 1.82) is 0 Å². The number of rotatable bonds is 4. The maximum Gasteiger partial charge on any atom is 0.227 e. The average molecular weight is 341 g/mol. The van der Waals surface area contributed by atoms with Gasteiger partial charge in [0, 0.05) is 35.2 Å². The van der Waals surface area contributed by atoms with Gasteiger partial charge in [-0.3, -0.25) is 4.79 Å². The fourth-order valence-electron chi connectivity index (χ4n) is 3.13. The zero-order valence-electron chi connectivity index (χ0n) is 14.8. The van der Waals surface area contributed by atoms with Crippen molar-refractivity contribution in [2.75, 3.05) is 7.05 Å². The monoisotopic (exact) mass is 341 g/mol. The molecular formula is C19H23N3OS. The maximum atomic E-state index is 12.8. The molecular weight excluding hydrogens is 318 g/mol. The molecule has 0 radical (unpaired) electrons. The van der Waals surface area contributed by atoms with E-state index in [4.69, 9.17) is 0 Å². The van der Waals surface area contributed by atoms with Crippen LogP contribution in [0.2, 0.25) is 0 Å². The Bertz CT molecular complexity index is 880. The van der Waals surface area contributed by atoms with Crippen molar-refractivity contribution in [3.8, 4) is 0 Å². The van der Waals surface area contributed by atoms with E-state index >= 15 is 0 Å². The number of amides is 1. The summed E-state index contributed by atoms with van der Waals surface area (Å²) < 4.78 is 0. The van der Waals surface area contributed by atoms with Gasteiger partial charge in [0.2, 0.25) is 5.91 Å². The lowest BCUT2D eigenvalue weighted by Gasteiger charge is -2.23. The highest BCUT2D eigenvalue weighted by Crippen LogP contribution is 2.29. The fraction of sp³-hybridized carbons (Fsp3) is 0.368. The number of carbonyl (C=O) groups is 1. The molecule has 0 aliphatic heterocycles. The van der Waals surface area contributed by atoms with E-state index in [1.54, 1.807) is 22.4 Å². The molecule has 0 fully saturated rings. The molecule has 1 aromatic carbocycles. The fourth-order valence-corrected chi connectivity index (χ4v) is 3.87. The molecule has 0 saturated carbocycles. The zero-order chi connectivity index (χ0) is 17.4. The Morgan fingerprint density at radius 3 is 2.67 bits per heavy atom. The Morgan fingerprint density at radius 1 is 1.29 bits per heavy atom. The van der Waals surface area contributed by atoms with Crippen molar-refractivity contribution < 1.29 is 4.79 Å². The minimum Gasteiger partial charge on any atom is -0.358 e. The van der Waals surface area contributed by atoms with Crippen LogP contribution in [0.25, 0.3) is 10.9 Å². The first kappa shape index (κ1) is 16.7. The van der Waals surface area contributed by atoms with Crippen LogP contribution in [0.4, 0.5) is 0 Å². The Balaban J connectivity index is 1.91. The summed E-state index contributed by atoms with van der Waals surface area (Å²) in [6.07, 6.45) is 2.19. The number of carbonyl (C=O) groups excluding carboxylic acids is 1. The largest absolute Gasteiger partial charge is 0.358 e. The second-order valence-corrected chi connectivity index (χ2v) is 7.33. The van der Waals surface area contributed by atoms with Gasteiger partial charge in [-0.15, -0.1) is 11.3 Å². The Kier molecular flexibility index (Phi) is 4.45. The van der Waals surface area contributed by atoms with E-state index < -0.39 is 0 Å². The number of nitrogens with zero attached hydrogens (tertiary/aromatic N) is 2. The zero-order valence-corrected chi connectivity index (χ0v) is 15.6. The van der Waals surface area contributed by atoms with Gasteiger partial charge in [-0.2, -0.15) is 0 Å². The molecule has 3 aromatic rings. The van der Waals surface area contributed by atoms with E-state index in [-0.39, 0.29) is 11.9 Å². The Morgan fingerprint density at radius 2 is 2.00 bits per heavy atom. The van der Waals surface area contributed by atoms with Crippen molar-refractivity contribution >= 4 is 28.1 Å². The number of benzene rings is 1. The normalized spacial score (nSPS) is 12.5. The number of hydrogen-bond donors (Lipinski definition) is 1. The van der Waals surface area contributed by atoms with Gasteiger partial charge in [-0.25, -0.2) is 4.98 Å². The molecule has 0 spiro atoms. The number of aryl methyl sites for hydroxylation is 3. The summed E-state index contributed by atoms with van der Waals surface area (Å²) in [5, 5.41) is 4.10. The van der Waals surface area contributed by atoms with Gasteiger partial charge in [0.1, 0.15) is 5.01 Å². The van der Waals surface area contributed by atoms with E-state index in [9.17, 15) is 4.79 Å². The number of nitrogens with one attached hydrogen (secondary N) is 1. The van der Waals surface area contributed by atoms with E-state index in [0.717, 1.165) is 21.8 Å². The molecule has 2 heterocycles. The molecule has 0 bridgehead atoms. The summed E-state index contributed by atoms with van der Waals surface area (Å²) in [6, 6.07) is 4.24. The lowest BCUT2D eigenvalue weighted by atomic mass is 10.0. The minimum absolute atomic E-state index is 0.00848. The summed E-state index contributed by atoms with van der Waals surface area (Å²) >= 11 is 1.58. The maximum absolute atomic E-state index is 12.8. The highest BCUT2D eigenvalue weighted by molar-refractivity contribution is 7.09. The number of H-pyrrole nitrogens is 1. The van der Waals surface area contributed by atoms with Crippen molar-refractivity contribution in [2.24, 2.45) is 0 Å². The molecule has 3 rings (SSSR count). The van der Waals surface area contributed by atoms with Crippen LogP contribution in [-0.4, -0.2) is 27.8 Å². The third-order valence-electron chi connectivity index (χ3n) is 4.80. The standard InChI is InChI=1S/C19H23N3OS/c1-11-6-7-12(2)18-17(11)15(13(3)21-18)10-16(23)22(5)14(4)19-20-8-9-24-19/h6-9,14,21H,10H2,1-5H3. The first-order valence-electron chi connectivity index (χ1n) is 8.12. The summed E-state index contributed by atoms with van der Waals surface area (Å²) in [7, 11) is 1.86. The molecule has 126 valence electrons. The van der Waals surface area contributed by atoms with Gasteiger partial charge < -0.3 is 9.88 Å². The predicted molar refractivity (Wildman–Crippen MR) is 99.5 cm³/mol. The molecule has 1 atom stereocenters. The summed E-state index contributed by atoms with van der Waals surface area (Å²) in [6.45, 7) is 8.27. The minimum atomic E-state index is -0.00848. The number of fused-ring (bicyclic) bond motifs is 1. The lowest BCUT2D eigenvalue weighted by molar-refractivity contribution is -0.131. The molecule has 24 heavy (non-hydrogen) atoms. The molecule has 4 nitrogen and oxygen atoms in total. The van der Waals surface area contributed by atoms with Crippen LogP contribution in [0, 0.1) is 20.8 Å². The summed E-state index contributed by atoms with van der Waals surface area (Å²) in [4.78, 5) is 22.4. The molecule has 1 unspecified atom stereocenters. The van der Waals surface area contributed by atoms with Gasteiger partial charge in [0.25, 0.3) is 0 Å². The third-order valence-corrected chi connectivity index (χ3v) is 5.75. The Labute approximate surface area is 146 Å². The molecule has 0 aliphatic carbocycles. The number of thiazole rings is 1. The van der Waals surface area contributed by atoms with Crippen LogP contribution in [0.5, 0.6) is 0 Å². The average Bonchev–Trinajstić information content (AvgIpc) is 3.19. The topological polar surface area (TPSA) is 49.0 Å². The first-order chi connectivity index (χ1) is 11.4. The van der Waals surface area contributed by atoms with Crippen molar-refractivity contribution in [1.82, 2.24) is 14.9 Å². The quantitative estimate of drug-likeness (QED) is 0.768. The van der Waals surface area contributed by atoms with E-state index in [2.05, 4.69) is 35.9 Å². The third kappa shape index (κ3) is 2.84. The van der Waals surface area contributed by atoms with Crippen LogP contribution in [0.3, 0.4) is 0 Å². The van der Waals surface area contributed by atoms with E-state index in [1.807, 2.05) is 26.3 Å². The van der Waals surface area contributed by atoms with Gasteiger partial charge in [0.15, 0.2) is 0 Å². The second kappa shape index (κ2) is 6.40. The van der Waals surface area contributed by atoms with Gasteiger partial charge in [-0.05, 0) is 44.4 Å². The van der Waals surface area contributed by atoms with Crippen LogP contribution < -0.4 is 0 Å². The predicted octanol–water partition coefficient (Wildman–Crippen LogP) is 4.31. The van der Waals surface area contributed by atoms with E-state index in [0.29, 0.717) is 6.42 Å². The molecule has 0 saturated heterocycles. The highest BCUT2D eigenvalue weighted by Gasteiger charge is 2.22.